The molecule has 30 heavy (non-hydrogen) atoms. The van der Waals surface area contributed by atoms with Gasteiger partial charge in [0.2, 0.25) is 11.8 Å². The van der Waals surface area contributed by atoms with Crippen LogP contribution >= 0.6 is 0 Å². The number of nitrogens with one attached hydrogen (secondary N) is 2. The van der Waals surface area contributed by atoms with Crippen molar-refractivity contribution in [2.45, 2.75) is 13.0 Å². The second kappa shape index (κ2) is 10.2. The number of hydrogen-bond acceptors (Lipinski definition) is 7. The molecule has 0 saturated heterocycles. The maximum Gasteiger partial charge on any atom is 0.271 e. The van der Waals surface area contributed by atoms with Gasteiger partial charge >= 0.3 is 0 Å². The van der Waals surface area contributed by atoms with E-state index in [0.717, 1.165) is 0 Å². The number of anilines is 2. The molecule has 0 saturated carbocycles. The number of nitrogens with zero attached hydrogens (tertiary/aromatic N) is 2. The van der Waals surface area contributed by atoms with E-state index >= 15 is 0 Å². The minimum Gasteiger partial charge on any atom is -0.497 e. The number of likely N-dealkylation sites (N-methyl/N-ethyl adjacent to an activating group) is 1. The molecule has 2 rings (SSSR count). The smallest absolute Gasteiger partial charge is 0.271 e. The van der Waals surface area contributed by atoms with E-state index in [9.17, 15) is 19.7 Å². The average Bonchev–Trinajstić information content (AvgIpc) is 2.72. The van der Waals surface area contributed by atoms with Gasteiger partial charge in [-0.3, -0.25) is 24.6 Å². The molecule has 0 radical (unpaired) electrons. The van der Waals surface area contributed by atoms with Crippen LogP contribution < -0.4 is 20.1 Å². The summed E-state index contributed by atoms with van der Waals surface area (Å²) < 4.78 is 10.3. The van der Waals surface area contributed by atoms with Gasteiger partial charge in [-0.2, -0.15) is 0 Å². The highest BCUT2D eigenvalue weighted by atomic mass is 16.6. The lowest BCUT2D eigenvalue weighted by Crippen LogP contribution is -2.43. The Morgan fingerprint density at radius 1 is 1.13 bits per heavy atom. The second-order valence-electron chi connectivity index (χ2n) is 6.50. The van der Waals surface area contributed by atoms with Crippen LogP contribution in [0.25, 0.3) is 0 Å². The molecule has 2 aromatic rings. The van der Waals surface area contributed by atoms with Crippen molar-refractivity contribution in [2.75, 3.05) is 38.4 Å². The molecule has 0 aromatic heterocycles. The highest BCUT2D eigenvalue weighted by Crippen LogP contribution is 2.29. The number of ether oxygens (including phenoxy) is 2. The summed E-state index contributed by atoms with van der Waals surface area (Å²) in [7, 11) is 4.56. The third kappa shape index (κ3) is 5.92. The van der Waals surface area contributed by atoms with Gasteiger partial charge in [0.05, 0.1) is 37.4 Å². The zero-order valence-electron chi connectivity index (χ0n) is 17.2. The van der Waals surface area contributed by atoms with Gasteiger partial charge in [-0.15, -0.1) is 0 Å². The molecule has 10 nitrogen and oxygen atoms in total. The molecule has 0 bridgehead atoms. The standard InChI is InChI=1S/C20H24N4O6/c1-13(20(26)22-17-11-15(24(27)28)8-9-18(17)30-4)23(2)12-19(25)21-14-6-5-7-16(10-14)29-3/h5-11,13H,12H2,1-4H3,(H,21,25)(H,22,26). The van der Waals surface area contributed by atoms with Crippen LogP contribution in [0.4, 0.5) is 17.1 Å². The van der Waals surface area contributed by atoms with E-state index in [1.165, 1.54) is 32.4 Å². The van der Waals surface area contributed by atoms with Crippen LogP contribution in [0, 0.1) is 10.1 Å². The summed E-state index contributed by atoms with van der Waals surface area (Å²) in [6.45, 7) is 1.58. The monoisotopic (exact) mass is 416 g/mol. The summed E-state index contributed by atoms with van der Waals surface area (Å²) in [6.07, 6.45) is 0. The van der Waals surface area contributed by atoms with Crippen LogP contribution in [0.2, 0.25) is 0 Å². The van der Waals surface area contributed by atoms with Crippen LogP contribution in [-0.2, 0) is 9.59 Å². The Morgan fingerprint density at radius 3 is 2.50 bits per heavy atom. The van der Waals surface area contributed by atoms with Crippen LogP contribution in [0.3, 0.4) is 0 Å². The highest BCUT2D eigenvalue weighted by molar-refractivity contribution is 5.97. The van der Waals surface area contributed by atoms with Gasteiger partial charge < -0.3 is 20.1 Å². The molecule has 0 aliphatic heterocycles. The third-order valence-electron chi connectivity index (χ3n) is 4.44. The third-order valence-corrected chi connectivity index (χ3v) is 4.44. The van der Waals surface area contributed by atoms with Crippen molar-refractivity contribution in [3.05, 3.63) is 52.6 Å². The molecule has 1 atom stereocenters. The number of nitro benzene ring substituents is 1. The lowest BCUT2D eigenvalue weighted by molar-refractivity contribution is -0.384. The summed E-state index contributed by atoms with van der Waals surface area (Å²) in [4.78, 5) is 36.9. The average molecular weight is 416 g/mol. The largest absolute Gasteiger partial charge is 0.497 e. The quantitative estimate of drug-likeness (QED) is 0.475. The van der Waals surface area contributed by atoms with Crippen molar-refractivity contribution in [3.63, 3.8) is 0 Å². The number of benzene rings is 2. The van der Waals surface area contributed by atoms with Crippen molar-refractivity contribution >= 4 is 28.9 Å². The fraction of sp³-hybridized carbons (Fsp3) is 0.300. The van der Waals surface area contributed by atoms with E-state index in [4.69, 9.17) is 9.47 Å². The first-order valence-corrected chi connectivity index (χ1v) is 9.02. The number of hydrogen-bond donors (Lipinski definition) is 2. The van der Waals surface area contributed by atoms with E-state index < -0.39 is 16.9 Å². The normalized spacial score (nSPS) is 11.5. The molecule has 0 aliphatic rings. The van der Waals surface area contributed by atoms with Crippen molar-refractivity contribution in [1.82, 2.24) is 4.90 Å². The van der Waals surface area contributed by atoms with Crippen LogP contribution in [-0.4, -0.2) is 55.5 Å². The summed E-state index contributed by atoms with van der Waals surface area (Å²) in [5.74, 6) is 0.156. The summed E-state index contributed by atoms with van der Waals surface area (Å²) in [5, 5.41) is 16.3. The predicted octanol–water partition coefficient (Wildman–Crippen LogP) is 2.51. The maximum absolute atomic E-state index is 12.6. The molecule has 10 heteroatoms. The van der Waals surface area contributed by atoms with E-state index in [1.54, 1.807) is 43.1 Å². The fourth-order valence-electron chi connectivity index (χ4n) is 2.61. The van der Waals surface area contributed by atoms with Crippen molar-refractivity contribution < 1.29 is 24.0 Å². The molecule has 2 N–H and O–H groups in total. The number of carbonyl (C=O) groups excluding carboxylic acids is 2. The SMILES string of the molecule is COc1cccc(NC(=O)CN(C)C(C)C(=O)Nc2cc([N+](=O)[O-])ccc2OC)c1. The molecular formula is C20H24N4O6. The Hall–Kier alpha value is -3.66. The Labute approximate surface area is 173 Å². The van der Waals surface area contributed by atoms with Crippen molar-refractivity contribution in [2.24, 2.45) is 0 Å². The van der Waals surface area contributed by atoms with Gasteiger partial charge in [-0.25, -0.2) is 0 Å². The minimum absolute atomic E-state index is 0.0438. The first kappa shape index (κ1) is 22.6. The maximum atomic E-state index is 12.6. The highest BCUT2D eigenvalue weighted by Gasteiger charge is 2.22. The molecule has 0 heterocycles. The number of non-ortho nitro benzene ring substituents is 1. The number of rotatable bonds is 9. The molecule has 2 amide bonds. The summed E-state index contributed by atoms with van der Waals surface area (Å²) in [6, 6.07) is 10.1. The Morgan fingerprint density at radius 2 is 1.87 bits per heavy atom. The number of methoxy groups -OCH3 is 2. The molecule has 0 aliphatic carbocycles. The minimum atomic E-state index is -0.690. The molecule has 160 valence electrons. The van der Waals surface area contributed by atoms with Crippen LogP contribution in [0.15, 0.2) is 42.5 Å². The fourth-order valence-corrected chi connectivity index (χ4v) is 2.61. The Bertz CT molecular complexity index is 933. The summed E-state index contributed by atoms with van der Waals surface area (Å²) in [5.41, 5.74) is 0.578. The van der Waals surface area contributed by atoms with Crippen LogP contribution in [0.5, 0.6) is 11.5 Å². The first-order valence-electron chi connectivity index (χ1n) is 9.02. The lowest BCUT2D eigenvalue weighted by atomic mass is 10.2. The van der Waals surface area contributed by atoms with Gasteiger partial charge in [0.15, 0.2) is 0 Å². The lowest BCUT2D eigenvalue weighted by Gasteiger charge is -2.23. The molecule has 2 aromatic carbocycles. The molecule has 1 unspecified atom stereocenters. The van der Waals surface area contributed by atoms with Crippen LogP contribution in [0.1, 0.15) is 6.92 Å². The second-order valence-corrected chi connectivity index (χ2v) is 6.50. The van der Waals surface area contributed by atoms with Gasteiger partial charge in [0.25, 0.3) is 5.69 Å². The van der Waals surface area contributed by atoms with E-state index in [2.05, 4.69) is 10.6 Å². The van der Waals surface area contributed by atoms with Crippen molar-refractivity contribution in [3.8, 4) is 11.5 Å². The number of carbonyl (C=O) groups is 2. The number of nitro groups is 1. The van der Waals surface area contributed by atoms with E-state index in [0.29, 0.717) is 17.2 Å². The van der Waals surface area contributed by atoms with Gasteiger partial charge in [0.1, 0.15) is 11.5 Å². The van der Waals surface area contributed by atoms with Gasteiger partial charge in [-0.1, -0.05) is 6.07 Å². The van der Waals surface area contributed by atoms with Crippen molar-refractivity contribution in [1.29, 1.82) is 0 Å². The zero-order chi connectivity index (χ0) is 22.3. The zero-order valence-corrected chi connectivity index (χ0v) is 17.2. The summed E-state index contributed by atoms with van der Waals surface area (Å²) >= 11 is 0. The molecule has 0 fully saturated rings. The van der Waals surface area contributed by atoms with E-state index in [1.807, 2.05) is 0 Å². The van der Waals surface area contributed by atoms with Gasteiger partial charge in [0, 0.05) is 23.9 Å². The number of amides is 2. The topological polar surface area (TPSA) is 123 Å². The molecule has 0 spiro atoms. The predicted molar refractivity (Wildman–Crippen MR) is 112 cm³/mol. The first-order chi connectivity index (χ1) is 14.2. The Balaban J connectivity index is 2.00. The van der Waals surface area contributed by atoms with Gasteiger partial charge in [-0.05, 0) is 32.2 Å². The Kier molecular flexibility index (Phi) is 7.70. The molecular weight excluding hydrogens is 392 g/mol. The van der Waals surface area contributed by atoms with E-state index in [-0.39, 0.29) is 23.8 Å².